The second kappa shape index (κ2) is 5.08. The lowest BCUT2D eigenvalue weighted by Crippen LogP contribution is -2.65. The molecule has 1 N–H and O–H groups in total. The van der Waals surface area contributed by atoms with Crippen molar-refractivity contribution in [2.24, 2.45) is 0 Å². The number of nitrogens with zero attached hydrogens (tertiary/aromatic N) is 1. The maximum atomic E-state index is 13.6. The van der Waals surface area contributed by atoms with Crippen molar-refractivity contribution >= 4 is 34.6 Å². The molecule has 23 heavy (non-hydrogen) atoms. The molecule has 4 rings (SSSR count). The van der Waals surface area contributed by atoms with E-state index in [1.807, 2.05) is 36.1 Å². The third-order valence-corrected chi connectivity index (χ3v) is 4.95. The van der Waals surface area contributed by atoms with Crippen LogP contribution in [0.4, 0.5) is 10.1 Å². The van der Waals surface area contributed by atoms with Crippen LogP contribution < -0.4 is 15.0 Å². The van der Waals surface area contributed by atoms with Crippen LogP contribution in [0.25, 0.3) is 0 Å². The molecule has 0 saturated carbocycles. The highest BCUT2D eigenvalue weighted by molar-refractivity contribution is 7.80. The summed E-state index contributed by atoms with van der Waals surface area (Å²) in [5, 5.41) is 4.41. The predicted molar refractivity (Wildman–Crippen MR) is 92.5 cm³/mol. The molecule has 118 valence electrons. The van der Waals surface area contributed by atoms with Crippen LogP contribution >= 0.6 is 23.8 Å². The Labute approximate surface area is 144 Å². The Hall–Kier alpha value is -1.85. The zero-order valence-electron chi connectivity index (χ0n) is 12.3. The van der Waals surface area contributed by atoms with Crippen LogP contribution in [0.1, 0.15) is 24.9 Å². The molecule has 2 atom stereocenters. The van der Waals surface area contributed by atoms with E-state index in [4.69, 9.17) is 28.6 Å². The summed E-state index contributed by atoms with van der Waals surface area (Å²) in [7, 11) is 0. The Morgan fingerprint density at radius 1 is 1.35 bits per heavy atom. The highest BCUT2D eigenvalue weighted by Gasteiger charge is 2.48. The van der Waals surface area contributed by atoms with Crippen molar-refractivity contribution in [2.75, 3.05) is 4.90 Å². The van der Waals surface area contributed by atoms with Gasteiger partial charge in [0.15, 0.2) is 10.8 Å². The Balaban J connectivity index is 1.83. The third kappa shape index (κ3) is 2.26. The molecule has 0 radical (unpaired) electrons. The van der Waals surface area contributed by atoms with Crippen molar-refractivity contribution in [1.29, 1.82) is 0 Å². The molecule has 2 aromatic rings. The minimum Gasteiger partial charge on any atom is -0.467 e. The summed E-state index contributed by atoms with van der Waals surface area (Å²) in [6.07, 6.45) is 0.634. The van der Waals surface area contributed by atoms with E-state index in [9.17, 15) is 4.39 Å². The topological polar surface area (TPSA) is 24.5 Å². The molecule has 6 heteroatoms. The standard InChI is InChI=1S/C17H14ClFN2OS/c1-17-9-13(11-8-10(19)6-7-15(11)22-17)20-16(23)21(17)14-5-3-2-4-12(14)18/h2-8,13H,9H2,1H3,(H,20,23)/t13-,17-/m1/s1. The Kier molecular flexibility index (Phi) is 3.25. The summed E-state index contributed by atoms with van der Waals surface area (Å²) < 4.78 is 19.8. The molecule has 2 aliphatic rings. The first-order chi connectivity index (χ1) is 11.0. The number of thiocarbonyl (C=S) groups is 1. The van der Waals surface area contributed by atoms with Gasteiger partial charge in [0.2, 0.25) is 0 Å². The number of halogens is 2. The van der Waals surface area contributed by atoms with Gasteiger partial charge in [-0.05, 0) is 49.5 Å². The largest absolute Gasteiger partial charge is 0.467 e. The van der Waals surface area contributed by atoms with Gasteiger partial charge in [-0.1, -0.05) is 23.7 Å². The molecule has 0 amide bonds. The second-order valence-corrected chi connectivity index (χ2v) is 6.75. The molecule has 0 spiro atoms. The van der Waals surface area contributed by atoms with E-state index < -0.39 is 5.72 Å². The van der Waals surface area contributed by atoms with Crippen molar-refractivity contribution in [3.05, 3.63) is 58.9 Å². The number of para-hydroxylation sites is 1. The summed E-state index contributed by atoms with van der Waals surface area (Å²) in [5.74, 6) is 0.384. The van der Waals surface area contributed by atoms with Crippen LogP contribution in [0.3, 0.4) is 0 Å². The van der Waals surface area contributed by atoms with Crippen LogP contribution in [0.5, 0.6) is 5.75 Å². The van der Waals surface area contributed by atoms with E-state index in [1.54, 1.807) is 6.07 Å². The molecule has 2 bridgehead atoms. The Bertz CT molecular complexity index is 815. The lowest BCUT2D eigenvalue weighted by atomic mass is 9.90. The van der Waals surface area contributed by atoms with Gasteiger partial charge in [0.25, 0.3) is 0 Å². The summed E-state index contributed by atoms with van der Waals surface area (Å²) >= 11 is 11.9. The maximum Gasteiger partial charge on any atom is 0.188 e. The van der Waals surface area contributed by atoms with Crippen molar-refractivity contribution < 1.29 is 9.13 Å². The number of benzene rings is 2. The molecule has 3 nitrogen and oxygen atoms in total. The van der Waals surface area contributed by atoms with Crippen LogP contribution in [-0.2, 0) is 0 Å². The number of nitrogens with one attached hydrogen (secondary N) is 1. The first kappa shape index (κ1) is 14.7. The summed E-state index contributed by atoms with van der Waals surface area (Å²) in [4.78, 5) is 1.90. The van der Waals surface area contributed by atoms with E-state index in [1.165, 1.54) is 12.1 Å². The van der Waals surface area contributed by atoms with E-state index in [0.717, 1.165) is 11.3 Å². The summed E-state index contributed by atoms with van der Waals surface area (Å²) in [6.45, 7) is 1.97. The minimum absolute atomic E-state index is 0.0781. The fourth-order valence-corrected chi connectivity index (χ4v) is 4.00. The number of ether oxygens (including phenoxy) is 1. The molecule has 1 saturated heterocycles. The highest BCUT2D eigenvalue weighted by Crippen LogP contribution is 2.46. The zero-order valence-corrected chi connectivity index (χ0v) is 13.9. The van der Waals surface area contributed by atoms with Crippen LogP contribution in [-0.4, -0.2) is 10.8 Å². The van der Waals surface area contributed by atoms with Crippen molar-refractivity contribution in [1.82, 2.24) is 5.32 Å². The highest BCUT2D eigenvalue weighted by atomic mass is 35.5. The summed E-state index contributed by atoms with van der Waals surface area (Å²) in [5.41, 5.74) is 0.907. The zero-order chi connectivity index (χ0) is 16.2. The monoisotopic (exact) mass is 348 g/mol. The molecule has 2 heterocycles. The first-order valence-electron chi connectivity index (χ1n) is 7.32. The number of anilines is 1. The Morgan fingerprint density at radius 2 is 2.13 bits per heavy atom. The molecule has 1 fully saturated rings. The third-order valence-electron chi connectivity index (χ3n) is 4.33. The average Bonchev–Trinajstić information content (AvgIpc) is 2.49. The van der Waals surface area contributed by atoms with Crippen LogP contribution in [0, 0.1) is 5.82 Å². The van der Waals surface area contributed by atoms with Crippen molar-refractivity contribution in [2.45, 2.75) is 25.1 Å². The van der Waals surface area contributed by atoms with Crippen molar-refractivity contribution in [3.8, 4) is 5.75 Å². The van der Waals surface area contributed by atoms with Gasteiger partial charge in [-0.2, -0.15) is 0 Å². The molecule has 0 aliphatic carbocycles. The van der Waals surface area contributed by atoms with Crippen LogP contribution in [0.2, 0.25) is 5.02 Å². The Morgan fingerprint density at radius 3 is 2.91 bits per heavy atom. The van der Waals surface area contributed by atoms with E-state index in [-0.39, 0.29) is 11.9 Å². The van der Waals surface area contributed by atoms with Crippen LogP contribution in [0.15, 0.2) is 42.5 Å². The summed E-state index contributed by atoms with van der Waals surface area (Å²) in [6, 6.07) is 12.0. The lowest BCUT2D eigenvalue weighted by Gasteiger charge is -2.52. The normalized spacial score (nSPS) is 25.4. The SMILES string of the molecule is C[C@@]12C[C@@H](NC(=S)N1c1ccccc1Cl)c1cc(F)ccc1O2. The average molecular weight is 349 g/mol. The van der Waals surface area contributed by atoms with Gasteiger partial charge in [0.1, 0.15) is 11.6 Å². The quantitative estimate of drug-likeness (QED) is 0.771. The minimum atomic E-state index is -0.678. The van der Waals surface area contributed by atoms with Gasteiger partial charge in [0, 0.05) is 12.0 Å². The van der Waals surface area contributed by atoms with E-state index in [0.29, 0.717) is 22.3 Å². The molecular weight excluding hydrogens is 335 g/mol. The van der Waals surface area contributed by atoms with E-state index >= 15 is 0 Å². The van der Waals surface area contributed by atoms with Gasteiger partial charge in [0.05, 0.1) is 16.8 Å². The van der Waals surface area contributed by atoms with Gasteiger partial charge < -0.3 is 10.1 Å². The molecular formula is C17H14ClFN2OS. The lowest BCUT2D eigenvalue weighted by molar-refractivity contribution is 0.0495. The van der Waals surface area contributed by atoms with E-state index in [2.05, 4.69) is 5.32 Å². The number of hydrogen-bond acceptors (Lipinski definition) is 2. The van der Waals surface area contributed by atoms with Gasteiger partial charge in [-0.25, -0.2) is 4.39 Å². The molecule has 2 aromatic carbocycles. The fourth-order valence-electron chi connectivity index (χ4n) is 3.34. The fraction of sp³-hybridized carbons (Fsp3) is 0.235. The van der Waals surface area contributed by atoms with Gasteiger partial charge >= 0.3 is 0 Å². The number of fused-ring (bicyclic) bond motifs is 4. The molecule has 2 aliphatic heterocycles. The van der Waals surface area contributed by atoms with Gasteiger partial charge in [-0.3, -0.25) is 4.90 Å². The first-order valence-corrected chi connectivity index (χ1v) is 8.10. The number of hydrogen-bond donors (Lipinski definition) is 1. The predicted octanol–water partition coefficient (Wildman–Crippen LogP) is 4.41. The second-order valence-electron chi connectivity index (χ2n) is 5.95. The molecule has 0 aromatic heterocycles. The van der Waals surface area contributed by atoms with Crippen molar-refractivity contribution in [3.63, 3.8) is 0 Å². The maximum absolute atomic E-state index is 13.6. The molecule has 0 unspecified atom stereocenters. The van der Waals surface area contributed by atoms with Gasteiger partial charge in [-0.15, -0.1) is 0 Å². The smallest absolute Gasteiger partial charge is 0.188 e. The number of rotatable bonds is 1.